The predicted molar refractivity (Wildman–Crippen MR) is 90.8 cm³/mol. The van der Waals surface area contributed by atoms with Gasteiger partial charge in [-0.2, -0.15) is 0 Å². The van der Waals surface area contributed by atoms with Crippen molar-refractivity contribution in [3.63, 3.8) is 0 Å². The van der Waals surface area contributed by atoms with Crippen LogP contribution in [0.3, 0.4) is 0 Å². The van der Waals surface area contributed by atoms with Crippen molar-refractivity contribution in [3.05, 3.63) is 28.2 Å². The van der Waals surface area contributed by atoms with Crippen molar-refractivity contribution in [2.24, 2.45) is 5.92 Å². The summed E-state index contributed by atoms with van der Waals surface area (Å²) in [5, 5.41) is 4.22. The van der Waals surface area contributed by atoms with Gasteiger partial charge in [0.05, 0.1) is 11.6 Å². The zero-order chi connectivity index (χ0) is 15.9. The van der Waals surface area contributed by atoms with Gasteiger partial charge >= 0.3 is 0 Å². The van der Waals surface area contributed by atoms with Gasteiger partial charge in [-0.05, 0) is 43.4 Å². The van der Waals surface area contributed by atoms with Crippen LogP contribution in [0.25, 0.3) is 0 Å². The Kier molecular flexibility index (Phi) is 6.84. The first-order valence-electron chi connectivity index (χ1n) is 7.93. The summed E-state index contributed by atoms with van der Waals surface area (Å²) in [4.78, 5) is 12.0. The van der Waals surface area contributed by atoms with Crippen molar-refractivity contribution in [2.75, 3.05) is 6.61 Å². The highest BCUT2D eigenvalue weighted by Crippen LogP contribution is 2.27. The van der Waals surface area contributed by atoms with E-state index in [2.05, 4.69) is 12.2 Å². The molecule has 1 aromatic carbocycles. The Bertz CT molecular complexity index is 507. The molecule has 2 atom stereocenters. The van der Waals surface area contributed by atoms with Crippen LogP contribution >= 0.6 is 23.2 Å². The zero-order valence-electron chi connectivity index (χ0n) is 12.9. The molecule has 0 radical (unpaired) electrons. The Morgan fingerprint density at radius 3 is 2.82 bits per heavy atom. The van der Waals surface area contributed by atoms with Crippen LogP contribution in [-0.4, -0.2) is 18.6 Å². The molecule has 0 saturated heterocycles. The van der Waals surface area contributed by atoms with Crippen molar-refractivity contribution in [3.8, 4) is 5.75 Å². The van der Waals surface area contributed by atoms with Crippen molar-refractivity contribution < 1.29 is 9.53 Å². The van der Waals surface area contributed by atoms with Crippen LogP contribution < -0.4 is 10.1 Å². The SMILES string of the molecule is C[C@H]1CCCC[C@H]1NC(=O)CCCOc1ccc(Cl)cc1Cl. The molecule has 1 amide bonds. The first-order valence-corrected chi connectivity index (χ1v) is 8.69. The summed E-state index contributed by atoms with van der Waals surface area (Å²) in [5.41, 5.74) is 0. The van der Waals surface area contributed by atoms with Crippen LogP contribution in [-0.2, 0) is 4.79 Å². The van der Waals surface area contributed by atoms with Gasteiger partial charge in [0.1, 0.15) is 5.75 Å². The second kappa shape index (κ2) is 8.64. The van der Waals surface area contributed by atoms with Gasteiger partial charge < -0.3 is 10.1 Å². The van der Waals surface area contributed by atoms with E-state index < -0.39 is 0 Å². The fourth-order valence-corrected chi connectivity index (χ4v) is 3.28. The van der Waals surface area contributed by atoms with Gasteiger partial charge in [-0.15, -0.1) is 0 Å². The number of carbonyl (C=O) groups excluding carboxylic acids is 1. The number of nitrogens with one attached hydrogen (secondary N) is 1. The topological polar surface area (TPSA) is 38.3 Å². The van der Waals surface area contributed by atoms with Crippen LogP contribution in [0.2, 0.25) is 10.0 Å². The maximum Gasteiger partial charge on any atom is 0.220 e. The molecule has 0 aliphatic heterocycles. The summed E-state index contributed by atoms with van der Waals surface area (Å²) in [7, 11) is 0. The third kappa shape index (κ3) is 5.36. The highest BCUT2D eigenvalue weighted by Gasteiger charge is 2.22. The lowest BCUT2D eigenvalue weighted by Gasteiger charge is -2.29. The zero-order valence-corrected chi connectivity index (χ0v) is 14.4. The van der Waals surface area contributed by atoms with E-state index in [0.29, 0.717) is 47.2 Å². The van der Waals surface area contributed by atoms with Gasteiger partial charge in [0, 0.05) is 17.5 Å². The number of amides is 1. The molecule has 22 heavy (non-hydrogen) atoms. The van der Waals surface area contributed by atoms with Gasteiger partial charge in [0.2, 0.25) is 5.91 Å². The average Bonchev–Trinajstić information content (AvgIpc) is 2.48. The molecule has 1 aliphatic rings. The smallest absolute Gasteiger partial charge is 0.220 e. The second-order valence-electron chi connectivity index (χ2n) is 5.96. The van der Waals surface area contributed by atoms with Crippen molar-refractivity contribution in [1.82, 2.24) is 5.32 Å². The van der Waals surface area contributed by atoms with E-state index in [1.807, 2.05) is 0 Å². The summed E-state index contributed by atoms with van der Waals surface area (Å²) in [5.74, 6) is 1.30. The molecule has 1 fully saturated rings. The van der Waals surface area contributed by atoms with Crippen LogP contribution in [0.15, 0.2) is 18.2 Å². The lowest BCUT2D eigenvalue weighted by atomic mass is 9.86. The van der Waals surface area contributed by atoms with Crippen LogP contribution in [0.1, 0.15) is 45.4 Å². The maximum absolute atomic E-state index is 12.0. The lowest BCUT2D eigenvalue weighted by Crippen LogP contribution is -2.41. The van der Waals surface area contributed by atoms with Gasteiger partial charge in [-0.1, -0.05) is 43.0 Å². The largest absolute Gasteiger partial charge is 0.492 e. The molecule has 0 aromatic heterocycles. The molecule has 122 valence electrons. The van der Waals surface area contributed by atoms with Crippen molar-refractivity contribution in [1.29, 1.82) is 0 Å². The third-order valence-corrected chi connectivity index (χ3v) is 4.69. The minimum Gasteiger partial charge on any atom is -0.492 e. The first kappa shape index (κ1) is 17.4. The van der Waals surface area contributed by atoms with Gasteiger partial charge in [-0.3, -0.25) is 4.79 Å². The normalized spacial score (nSPS) is 21.4. The molecule has 2 rings (SSSR count). The molecule has 1 aromatic rings. The number of ether oxygens (including phenoxy) is 1. The number of hydrogen-bond acceptors (Lipinski definition) is 2. The second-order valence-corrected chi connectivity index (χ2v) is 6.81. The van der Waals surface area contributed by atoms with E-state index in [1.54, 1.807) is 18.2 Å². The van der Waals surface area contributed by atoms with E-state index in [0.717, 1.165) is 6.42 Å². The van der Waals surface area contributed by atoms with Gasteiger partial charge in [0.25, 0.3) is 0 Å². The first-order chi connectivity index (χ1) is 10.6. The van der Waals surface area contributed by atoms with Crippen LogP contribution in [0, 0.1) is 5.92 Å². The van der Waals surface area contributed by atoms with Crippen LogP contribution in [0.5, 0.6) is 5.75 Å². The molecule has 0 unspecified atom stereocenters. The number of carbonyl (C=O) groups is 1. The summed E-state index contributed by atoms with van der Waals surface area (Å²) >= 11 is 11.9. The summed E-state index contributed by atoms with van der Waals surface area (Å²) in [6.45, 7) is 2.69. The molecule has 1 aliphatic carbocycles. The lowest BCUT2D eigenvalue weighted by molar-refractivity contribution is -0.122. The quantitative estimate of drug-likeness (QED) is 0.750. The number of hydrogen-bond donors (Lipinski definition) is 1. The minimum absolute atomic E-state index is 0.115. The third-order valence-electron chi connectivity index (χ3n) is 4.16. The minimum atomic E-state index is 0.115. The standard InChI is InChI=1S/C17H23Cl2NO2/c1-12-5-2-3-6-15(12)20-17(21)7-4-10-22-16-9-8-13(18)11-14(16)19/h8-9,11-12,15H,2-7,10H2,1H3,(H,20,21)/t12-,15+/m0/s1. The van der Waals surface area contributed by atoms with Gasteiger partial charge in [0.15, 0.2) is 0 Å². The molecular formula is C17H23Cl2NO2. The fourth-order valence-electron chi connectivity index (χ4n) is 2.82. The Hall–Kier alpha value is -0.930. The molecule has 1 N–H and O–H groups in total. The Balaban J connectivity index is 1.66. The van der Waals surface area contributed by atoms with Gasteiger partial charge in [-0.25, -0.2) is 0 Å². The molecule has 0 spiro atoms. The number of rotatable bonds is 6. The van der Waals surface area contributed by atoms with E-state index in [4.69, 9.17) is 27.9 Å². The highest BCUT2D eigenvalue weighted by atomic mass is 35.5. The summed E-state index contributed by atoms with van der Waals surface area (Å²) < 4.78 is 5.58. The molecular weight excluding hydrogens is 321 g/mol. The fraction of sp³-hybridized carbons (Fsp3) is 0.588. The Labute approximate surface area is 142 Å². The van der Waals surface area contributed by atoms with E-state index in [9.17, 15) is 4.79 Å². The van der Waals surface area contributed by atoms with Crippen molar-refractivity contribution in [2.45, 2.75) is 51.5 Å². The summed E-state index contributed by atoms with van der Waals surface area (Å²) in [6.07, 6.45) is 5.96. The van der Waals surface area contributed by atoms with E-state index in [1.165, 1.54) is 19.3 Å². The van der Waals surface area contributed by atoms with E-state index in [-0.39, 0.29) is 5.91 Å². The van der Waals surface area contributed by atoms with Crippen molar-refractivity contribution >= 4 is 29.1 Å². The number of benzene rings is 1. The molecule has 1 saturated carbocycles. The maximum atomic E-state index is 12.0. The molecule has 5 heteroatoms. The molecule has 0 heterocycles. The predicted octanol–water partition coefficient (Wildman–Crippen LogP) is 4.85. The average molecular weight is 344 g/mol. The van der Waals surface area contributed by atoms with Crippen LogP contribution in [0.4, 0.5) is 0 Å². The highest BCUT2D eigenvalue weighted by molar-refractivity contribution is 6.35. The Morgan fingerprint density at radius 1 is 1.32 bits per heavy atom. The Morgan fingerprint density at radius 2 is 2.09 bits per heavy atom. The summed E-state index contributed by atoms with van der Waals surface area (Å²) in [6, 6.07) is 5.47. The molecule has 3 nitrogen and oxygen atoms in total. The number of halogens is 2. The van der Waals surface area contributed by atoms with E-state index >= 15 is 0 Å². The monoisotopic (exact) mass is 343 g/mol. The molecule has 0 bridgehead atoms.